The molecule has 0 unspecified atom stereocenters. The molecule has 18 heavy (non-hydrogen) atoms. The highest BCUT2D eigenvalue weighted by molar-refractivity contribution is 6.02. The normalized spacial score (nSPS) is 23.2. The van der Waals surface area contributed by atoms with Gasteiger partial charge in [-0.2, -0.15) is 0 Å². The number of aryl methyl sites for hydroxylation is 1. The molecule has 4 rings (SSSR count). The second-order valence-electron chi connectivity index (χ2n) is 5.91. The van der Waals surface area contributed by atoms with E-state index in [0.29, 0.717) is 6.42 Å². The molecule has 0 aromatic heterocycles. The Kier molecular flexibility index (Phi) is 1.97. The van der Waals surface area contributed by atoms with Gasteiger partial charge in [0.1, 0.15) is 0 Å². The summed E-state index contributed by atoms with van der Waals surface area (Å²) in [5.74, 6) is 0.247. The first-order chi connectivity index (χ1) is 8.73. The summed E-state index contributed by atoms with van der Waals surface area (Å²) in [5.41, 5.74) is 4.96. The molecule has 0 atom stereocenters. The third-order valence-electron chi connectivity index (χ3n) is 4.78. The molecule has 0 bridgehead atoms. The summed E-state index contributed by atoms with van der Waals surface area (Å²) in [6.07, 6.45) is 4.85. The summed E-state index contributed by atoms with van der Waals surface area (Å²) in [5, 5.41) is 9.56. The molecule has 2 heterocycles. The topological polar surface area (TPSA) is 40.5 Å². The highest BCUT2D eigenvalue weighted by Crippen LogP contribution is 2.50. The molecule has 94 valence electrons. The van der Waals surface area contributed by atoms with Gasteiger partial charge in [0, 0.05) is 12.0 Å². The van der Waals surface area contributed by atoms with Crippen molar-refractivity contribution in [1.82, 2.24) is 0 Å². The number of hydrogen-bond donors (Lipinski definition) is 1. The van der Waals surface area contributed by atoms with Crippen molar-refractivity contribution in [2.24, 2.45) is 0 Å². The highest BCUT2D eigenvalue weighted by atomic mass is 16.3. The van der Waals surface area contributed by atoms with Crippen molar-refractivity contribution in [2.75, 3.05) is 18.1 Å². The van der Waals surface area contributed by atoms with Crippen LogP contribution in [0, 0.1) is 0 Å². The molecular formula is C15H17NO2. The Morgan fingerprint density at radius 2 is 2.06 bits per heavy atom. The first-order valence-corrected chi connectivity index (χ1v) is 6.81. The molecule has 1 fully saturated rings. The number of rotatable bonds is 2. The molecule has 3 aliphatic rings. The molecule has 2 aliphatic heterocycles. The SMILES string of the molecule is O=C1Cc2cc(C3(CO)CC3)cc3c2N1CCC3. The van der Waals surface area contributed by atoms with Crippen molar-refractivity contribution in [1.29, 1.82) is 0 Å². The smallest absolute Gasteiger partial charge is 0.231 e. The Hall–Kier alpha value is -1.35. The Morgan fingerprint density at radius 3 is 2.78 bits per heavy atom. The fourth-order valence-corrected chi connectivity index (χ4v) is 3.47. The maximum atomic E-state index is 12.0. The lowest BCUT2D eigenvalue weighted by atomic mass is 9.89. The van der Waals surface area contributed by atoms with Crippen LogP contribution in [-0.4, -0.2) is 24.2 Å². The summed E-state index contributed by atoms with van der Waals surface area (Å²) < 4.78 is 0. The van der Waals surface area contributed by atoms with E-state index in [4.69, 9.17) is 0 Å². The molecule has 0 saturated heterocycles. The number of carbonyl (C=O) groups is 1. The van der Waals surface area contributed by atoms with E-state index in [2.05, 4.69) is 12.1 Å². The van der Waals surface area contributed by atoms with Gasteiger partial charge >= 0.3 is 0 Å². The first kappa shape index (κ1) is 10.6. The number of aliphatic hydroxyl groups excluding tert-OH is 1. The fraction of sp³-hybridized carbons (Fsp3) is 0.533. The largest absolute Gasteiger partial charge is 0.395 e. The van der Waals surface area contributed by atoms with E-state index in [1.54, 1.807) is 0 Å². The van der Waals surface area contributed by atoms with Crippen LogP contribution in [0.2, 0.25) is 0 Å². The van der Waals surface area contributed by atoms with Gasteiger partial charge in [-0.15, -0.1) is 0 Å². The zero-order valence-corrected chi connectivity index (χ0v) is 10.4. The summed E-state index contributed by atoms with van der Waals surface area (Å²) in [7, 11) is 0. The molecule has 1 aromatic rings. The van der Waals surface area contributed by atoms with Crippen molar-refractivity contribution in [3.63, 3.8) is 0 Å². The highest BCUT2D eigenvalue weighted by Gasteiger charge is 2.45. The van der Waals surface area contributed by atoms with Gasteiger partial charge in [0.2, 0.25) is 5.91 Å². The quantitative estimate of drug-likeness (QED) is 0.856. The average Bonchev–Trinajstić information content (AvgIpc) is 3.12. The Morgan fingerprint density at radius 1 is 1.28 bits per heavy atom. The standard InChI is InChI=1S/C15H17NO2/c17-9-15(3-4-15)12-6-10-2-1-5-16-13(18)8-11(7-12)14(10)16/h6-7,17H,1-5,8-9H2. The summed E-state index contributed by atoms with van der Waals surface area (Å²) in [6, 6.07) is 4.41. The lowest BCUT2D eigenvalue weighted by molar-refractivity contribution is -0.117. The van der Waals surface area contributed by atoms with E-state index in [0.717, 1.165) is 32.2 Å². The maximum absolute atomic E-state index is 12.0. The molecule has 0 radical (unpaired) electrons. The van der Waals surface area contributed by atoms with Crippen LogP contribution in [0.25, 0.3) is 0 Å². The molecule has 1 amide bonds. The Labute approximate surface area is 106 Å². The van der Waals surface area contributed by atoms with Crippen LogP contribution >= 0.6 is 0 Å². The van der Waals surface area contributed by atoms with E-state index in [1.165, 1.54) is 22.4 Å². The van der Waals surface area contributed by atoms with Crippen LogP contribution < -0.4 is 4.90 Å². The van der Waals surface area contributed by atoms with E-state index in [-0.39, 0.29) is 17.9 Å². The Balaban J connectivity index is 1.87. The zero-order valence-electron chi connectivity index (χ0n) is 10.4. The lowest BCUT2D eigenvalue weighted by Gasteiger charge is -2.27. The van der Waals surface area contributed by atoms with Crippen molar-refractivity contribution >= 4 is 11.6 Å². The lowest BCUT2D eigenvalue weighted by Crippen LogP contribution is -2.31. The molecule has 1 aliphatic carbocycles. The fourth-order valence-electron chi connectivity index (χ4n) is 3.47. The minimum absolute atomic E-state index is 0.0133. The van der Waals surface area contributed by atoms with Gasteiger partial charge in [-0.3, -0.25) is 4.79 Å². The summed E-state index contributed by atoms with van der Waals surface area (Å²) in [6.45, 7) is 1.12. The van der Waals surface area contributed by atoms with Gasteiger partial charge in [-0.1, -0.05) is 12.1 Å². The summed E-state index contributed by atoms with van der Waals surface area (Å²) in [4.78, 5) is 13.9. The molecule has 3 heteroatoms. The molecule has 1 aromatic carbocycles. The number of benzene rings is 1. The van der Waals surface area contributed by atoms with E-state index < -0.39 is 0 Å². The second-order valence-corrected chi connectivity index (χ2v) is 5.91. The van der Waals surface area contributed by atoms with Crippen molar-refractivity contribution in [2.45, 2.75) is 37.5 Å². The molecule has 1 N–H and O–H groups in total. The van der Waals surface area contributed by atoms with Crippen LogP contribution in [0.3, 0.4) is 0 Å². The number of amides is 1. The second kappa shape index (κ2) is 3.35. The number of nitrogens with zero attached hydrogens (tertiary/aromatic N) is 1. The van der Waals surface area contributed by atoms with Gasteiger partial charge in [-0.05, 0) is 42.4 Å². The predicted molar refractivity (Wildman–Crippen MR) is 68.8 cm³/mol. The van der Waals surface area contributed by atoms with E-state index in [1.807, 2.05) is 4.90 Å². The van der Waals surface area contributed by atoms with Crippen LogP contribution in [-0.2, 0) is 23.1 Å². The zero-order chi connectivity index (χ0) is 12.3. The molecule has 3 nitrogen and oxygen atoms in total. The van der Waals surface area contributed by atoms with Crippen LogP contribution in [0.15, 0.2) is 12.1 Å². The number of carbonyl (C=O) groups excluding carboxylic acids is 1. The molecule has 0 spiro atoms. The molecular weight excluding hydrogens is 226 g/mol. The average molecular weight is 243 g/mol. The number of aliphatic hydroxyl groups is 1. The van der Waals surface area contributed by atoms with Crippen LogP contribution in [0.4, 0.5) is 5.69 Å². The van der Waals surface area contributed by atoms with E-state index in [9.17, 15) is 9.90 Å². The van der Waals surface area contributed by atoms with Crippen molar-refractivity contribution < 1.29 is 9.90 Å². The van der Waals surface area contributed by atoms with Gasteiger partial charge in [0.15, 0.2) is 0 Å². The number of hydrogen-bond acceptors (Lipinski definition) is 2. The van der Waals surface area contributed by atoms with Gasteiger partial charge < -0.3 is 10.0 Å². The first-order valence-electron chi connectivity index (χ1n) is 6.81. The van der Waals surface area contributed by atoms with Gasteiger partial charge in [-0.25, -0.2) is 0 Å². The predicted octanol–water partition coefficient (Wildman–Crippen LogP) is 1.55. The minimum atomic E-state index is 0.0133. The van der Waals surface area contributed by atoms with Crippen molar-refractivity contribution in [3.8, 4) is 0 Å². The van der Waals surface area contributed by atoms with E-state index >= 15 is 0 Å². The third-order valence-corrected chi connectivity index (χ3v) is 4.78. The van der Waals surface area contributed by atoms with Crippen molar-refractivity contribution in [3.05, 3.63) is 28.8 Å². The Bertz CT molecular complexity index is 546. The summed E-state index contributed by atoms with van der Waals surface area (Å²) >= 11 is 0. The van der Waals surface area contributed by atoms with Crippen LogP contribution in [0.5, 0.6) is 0 Å². The number of anilines is 1. The van der Waals surface area contributed by atoms with Gasteiger partial charge in [0.25, 0.3) is 0 Å². The maximum Gasteiger partial charge on any atom is 0.231 e. The minimum Gasteiger partial charge on any atom is -0.395 e. The third kappa shape index (κ3) is 1.25. The molecule has 1 saturated carbocycles. The monoisotopic (exact) mass is 243 g/mol. The van der Waals surface area contributed by atoms with Gasteiger partial charge in [0.05, 0.1) is 18.7 Å². The van der Waals surface area contributed by atoms with Crippen LogP contribution in [0.1, 0.15) is 36.0 Å².